The average molecular weight is 368 g/mol. The lowest BCUT2D eigenvalue weighted by Gasteiger charge is -2.19. The third-order valence-corrected chi connectivity index (χ3v) is 4.02. The number of nitrogens with zero attached hydrogens (tertiary/aromatic N) is 3. The lowest BCUT2D eigenvalue weighted by atomic mass is 10.0. The minimum atomic E-state index is -0.589. The highest BCUT2D eigenvalue weighted by atomic mass is 19.1. The van der Waals surface area contributed by atoms with E-state index in [9.17, 15) is 19.2 Å². The van der Waals surface area contributed by atoms with Gasteiger partial charge in [0.15, 0.2) is 11.6 Å². The third-order valence-electron chi connectivity index (χ3n) is 4.02. The second kappa shape index (κ2) is 9.85. The third kappa shape index (κ3) is 6.43. The first kappa shape index (κ1) is 19.8. The first-order chi connectivity index (χ1) is 12.5. The number of nitrogens with one attached hydrogen (secondary N) is 3. The number of unbranched alkanes of at least 4 members (excludes halogenated alkanes) is 2. The molecule has 9 nitrogen and oxygen atoms in total. The molecule has 10 heteroatoms. The summed E-state index contributed by atoms with van der Waals surface area (Å²) in [6.45, 7) is 1.93. The quantitative estimate of drug-likeness (QED) is 0.192. The summed E-state index contributed by atoms with van der Waals surface area (Å²) in [5.41, 5.74) is 5.00. The van der Waals surface area contributed by atoms with Gasteiger partial charge < -0.3 is 5.32 Å². The Bertz CT molecular complexity index is 614. The number of hydrogen-bond donors (Lipinski definition) is 4. The van der Waals surface area contributed by atoms with Crippen molar-refractivity contribution >= 4 is 24.1 Å². The van der Waals surface area contributed by atoms with Gasteiger partial charge in [-0.25, -0.2) is 14.4 Å². The number of aromatic nitrogens is 2. The SMILES string of the molecule is CCCCCC(CN(O)C=O)C(=O)NNc1ncc(F)c(NC2CC2)n1. The van der Waals surface area contributed by atoms with E-state index in [1.165, 1.54) is 0 Å². The molecule has 1 unspecified atom stereocenters. The van der Waals surface area contributed by atoms with Gasteiger partial charge in [-0.1, -0.05) is 26.2 Å². The highest BCUT2D eigenvalue weighted by Gasteiger charge is 2.24. The number of rotatable bonds is 12. The van der Waals surface area contributed by atoms with Crippen LogP contribution in [-0.4, -0.2) is 45.1 Å². The van der Waals surface area contributed by atoms with Crippen molar-refractivity contribution in [3.8, 4) is 0 Å². The summed E-state index contributed by atoms with van der Waals surface area (Å²) < 4.78 is 13.7. The summed E-state index contributed by atoms with van der Waals surface area (Å²) in [5, 5.41) is 12.8. The van der Waals surface area contributed by atoms with Gasteiger partial charge in [-0.05, 0) is 19.3 Å². The lowest BCUT2D eigenvalue weighted by molar-refractivity contribution is -0.154. The van der Waals surface area contributed by atoms with E-state index in [1.54, 1.807) is 0 Å². The standard InChI is InChI=1S/C16H25FN6O3/c1-2-3-4-5-11(9-23(26)10-24)15(25)21-22-16-18-8-13(17)14(20-16)19-12-6-7-12/h8,10-12,26H,2-7,9H2,1H3,(H,21,25)(H2,18,19,20,22). The average Bonchev–Trinajstić information content (AvgIpc) is 3.45. The van der Waals surface area contributed by atoms with Crippen LogP contribution in [0.1, 0.15) is 45.4 Å². The van der Waals surface area contributed by atoms with Crippen molar-refractivity contribution in [1.29, 1.82) is 0 Å². The number of halogens is 1. The van der Waals surface area contributed by atoms with E-state index in [4.69, 9.17) is 0 Å². The molecule has 1 aromatic rings. The molecule has 1 atom stereocenters. The number of hydroxylamine groups is 2. The molecule has 1 aromatic heterocycles. The van der Waals surface area contributed by atoms with Crippen LogP contribution in [0.4, 0.5) is 16.2 Å². The van der Waals surface area contributed by atoms with E-state index in [-0.39, 0.29) is 30.8 Å². The normalized spacial score (nSPS) is 14.4. The number of hydrazine groups is 1. The van der Waals surface area contributed by atoms with Crippen molar-refractivity contribution in [2.45, 2.75) is 51.5 Å². The molecule has 0 radical (unpaired) electrons. The molecular formula is C16H25FN6O3. The van der Waals surface area contributed by atoms with Crippen LogP contribution >= 0.6 is 0 Å². The zero-order valence-electron chi connectivity index (χ0n) is 14.7. The van der Waals surface area contributed by atoms with E-state index in [2.05, 4.69) is 26.1 Å². The van der Waals surface area contributed by atoms with E-state index < -0.39 is 17.6 Å². The predicted molar refractivity (Wildman–Crippen MR) is 92.6 cm³/mol. The molecule has 144 valence electrons. The molecule has 26 heavy (non-hydrogen) atoms. The lowest BCUT2D eigenvalue weighted by Crippen LogP contribution is -2.40. The molecule has 1 heterocycles. The van der Waals surface area contributed by atoms with E-state index >= 15 is 0 Å². The first-order valence-corrected chi connectivity index (χ1v) is 8.79. The fraction of sp³-hybridized carbons (Fsp3) is 0.625. The summed E-state index contributed by atoms with van der Waals surface area (Å²) in [6, 6.07) is 0.226. The zero-order chi connectivity index (χ0) is 18.9. The van der Waals surface area contributed by atoms with E-state index in [0.29, 0.717) is 11.5 Å². The summed E-state index contributed by atoms with van der Waals surface area (Å²) in [4.78, 5) is 30.7. The summed E-state index contributed by atoms with van der Waals surface area (Å²) in [5.74, 6) is -1.43. The second-order valence-corrected chi connectivity index (χ2v) is 6.34. The molecule has 4 N–H and O–H groups in total. The molecule has 0 saturated heterocycles. The van der Waals surface area contributed by atoms with Gasteiger partial charge in [-0.2, -0.15) is 4.98 Å². The van der Waals surface area contributed by atoms with Gasteiger partial charge >= 0.3 is 0 Å². The second-order valence-electron chi connectivity index (χ2n) is 6.34. The zero-order valence-corrected chi connectivity index (χ0v) is 14.7. The van der Waals surface area contributed by atoms with Crippen LogP contribution in [0, 0.1) is 11.7 Å². The number of carbonyl (C=O) groups excluding carboxylic acids is 2. The molecule has 0 aromatic carbocycles. The number of anilines is 2. The molecule has 0 spiro atoms. The van der Waals surface area contributed by atoms with Gasteiger partial charge in [0.1, 0.15) is 0 Å². The minimum Gasteiger partial charge on any atom is -0.365 e. The van der Waals surface area contributed by atoms with Crippen molar-refractivity contribution < 1.29 is 19.2 Å². The van der Waals surface area contributed by atoms with Crippen LogP contribution in [0.3, 0.4) is 0 Å². The van der Waals surface area contributed by atoms with Crippen LogP contribution in [0.25, 0.3) is 0 Å². The van der Waals surface area contributed by atoms with Crippen LogP contribution in [0.5, 0.6) is 0 Å². The fourth-order valence-corrected chi connectivity index (χ4v) is 2.38. The maximum atomic E-state index is 13.7. The topological polar surface area (TPSA) is 119 Å². The number of amides is 2. The highest BCUT2D eigenvalue weighted by molar-refractivity contribution is 5.80. The molecule has 1 fully saturated rings. The van der Waals surface area contributed by atoms with E-state index in [1.807, 2.05) is 6.92 Å². The Morgan fingerprint density at radius 1 is 1.50 bits per heavy atom. The summed E-state index contributed by atoms with van der Waals surface area (Å²) >= 11 is 0. The molecule has 1 aliphatic rings. The van der Waals surface area contributed by atoms with E-state index in [0.717, 1.165) is 38.3 Å². The van der Waals surface area contributed by atoms with Gasteiger partial charge in [0.2, 0.25) is 18.3 Å². The maximum Gasteiger partial charge on any atom is 0.243 e. The van der Waals surface area contributed by atoms with Crippen LogP contribution in [-0.2, 0) is 9.59 Å². The Morgan fingerprint density at radius 3 is 2.92 bits per heavy atom. The number of carbonyl (C=O) groups is 2. The van der Waals surface area contributed by atoms with Crippen molar-refractivity contribution in [3.63, 3.8) is 0 Å². The Balaban J connectivity index is 1.91. The summed E-state index contributed by atoms with van der Waals surface area (Å²) in [6.07, 6.45) is 6.46. The largest absolute Gasteiger partial charge is 0.365 e. The molecule has 1 saturated carbocycles. The Labute approximate surface area is 151 Å². The molecule has 1 aliphatic carbocycles. The maximum absolute atomic E-state index is 13.7. The Morgan fingerprint density at radius 2 is 2.27 bits per heavy atom. The van der Waals surface area contributed by atoms with Gasteiger partial charge in [0, 0.05) is 6.04 Å². The highest BCUT2D eigenvalue weighted by Crippen LogP contribution is 2.25. The van der Waals surface area contributed by atoms with Crippen molar-refractivity contribution in [2.24, 2.45) is 5.92 Å². The molecule has 2 rings (SSSR count). The minimum absolute atomic E-state index is 0.0476. The molecular weight excluding hydrogens is 343 g/mol. The van der Waals surface area contributed by atoms with Crippen molar-refractivity contribution in [2.75, 3.05) is 17.3 Å². The molecule has 0 bridgehead atoms. The van der Waals surface area contributed by atoms with Crippen LogP contribution in [0.15, 0.2) is 6.20 Å². The molecule has 0 aliphatic heterocycles. The van der Waals surface area contributed by atoms with Gasteiger partial charge in [0.05, 0.1) is 18.7 Å². The fourth-order valence-electron chi connectivity index (χ4n) is 2.38. The Hall–Kier alpha value is -2.49. The first-order valence-electron chi connectivity index (χ1n) is 8.79. The number of hydrogen-bond acceptors (Lipinski definition) is 7. The molecule has 2 amide bonds. The smallest absolute Gasteiger partial charge is 0.243 e. The summed E-state index contributed by atoms with van der Waals surface area (Å²) in [7, 11) is 0. The van der Waals surface area contributed by atoms with Crippen molar-refractivity contribution in [3.05, 3.63) is 12.0 Å². The van der Waals surface area contributed by atoms with Gasteiger partial charge in [-0.15, -0.1) is 0 Å². The van der Waals surface area contributed by atoms with Crippen LogP contribution < -0.4 is 16.2 Å². The van der Waals surface area contributed by atoms with Crippen molar-refractivity contribution in [1.82, 2.24) is 20.5 Å². The predicted octanol–water partition coefficient (Wildman–Crippen LogP) is 1.68. The van der Waals surface area contributed by atoms with Gasteiger partial charge in [0.25, 0.3) is 0 Å². The van der Waals surface area contributed by atoms with Gasteiger partial charge in [-0.3, -0.25) is 25.6 Å². The Kier molecular flexibility index (Phi) is 7.52. The monoisotopic (exact) mass is 368 g/mol. The van der Waals surface area contributed by atoms with Crippen LogP contribution in [0.2, 0.25) is 0 Å².